The lowest BCUT2D eigenvalue weighted by molar-refractivity contribution is -0.137. The third-order valence-corrected chi connectivity index (χ3v) is 7.00. The number of hydrogen-bond acceptors (Lipinski definition) is 2. The van der Waals surface area contributed by atoms with E-state index in [9.17, 15) is 18.0 Å². The first-order valence-corrected chi connectivity index (χ1v) is 12.9. The zero-order valence-electron chi connectivity index (χ0n) is 21.7. The van der Waals surface area contributed by atoms with E-state index in [0.717, 1.165) is 12.6 Å². The van der Waals surface area contributed by atoms with Gasteiger partial charge in [-0.05, 0) is 48.1 Å². The molecule has 3 aromatic rings. The molecule has 1 fully saturated rings. The lowest BCUT2D eigenvalue weighted by Gasteiger charge is -2.30. The first-order valence-electron chi connectivity index (χ1n) is 12.9. The van der Waals surface area contributed by atoms with E-state index in [2.05, 4.69) is 43.9 Å². The molecular weight excluding hydrogens is 473 g/mol. The van der Waals surface area contributed by atoms with E-state index in [4.69, 9.17) is 0 Å². The van der Waals surface area contributed by atoms with Gasteiger partial charge in [0.2, 0.25) is 0 Å². The highest BCUT2D eigenvalue weighted by molar-refractivity contribution is 5.94. The van der Waals surface area contributed by atoms with E-state index >= 15 is 0 Å². The fourth-order valence-corrected chi connectivity index (χ4v) is 5.39. The molecule has 0 unspecified atom stereocenters. The summed E-state index contributed by atoms with van der Waals surface area (Å²) in [5.41, 5.74) is 3.05. The fourth-order valence-electron chi connectivity index (χ4n) is 5.39. The maximum absolute atomic E-state index is 13.5. The minimum absolute atomic E-state index is 0.0136. The van der Waals surface area contributed by atoms with Gasteiger partial charge in [-0.25, -0.2) is 0 Å². The molecule has 2 atom stereocenters. The SMILES string of the molecule is Cc1cccc(CN2C[C@@H](CN(CC(C)C)C(=O)c3ccccc3)[C@@H](c3cccc(C(F)(F)F)c3)C2)c1. The molecule has 0 aliphatic carbocycles. The molecule has 37 heavy (non-hydrogen) atoms. The largest absolute Gasteiger partial charge is 0.416 e. The van der Waals surface area contributed by atoms with Crippen molar-refractivity contribution in [2.45, 2.75) is 39.4 Å². The fraction of sp³-hybridized carbons (Fsp3) is 0.387. The molecule has 4 rings (SSSR count). The predicted octanol–water partition coefficient (Wildman–Crippen LogP) is 7.03. The summed E-state index contributed by atoms with van der Waals surface area (Å²) in [6, 6.07) is 23.3. The molecule has 0 radical (unpaired) electrons. The quantitative estimate of drug-likeness (QED) is 0.326. The molecule has 196 valence electrons. The van der Waals surface area contributed by atoms with Crippen LogP contribution in [0.4, 0.5) is 13.2 Å². The first-order chi connectivity index (χ1) is 17.6. The Balaban J connectivity index is 1.63. The molecule has 1 heterocycles. The van der Waals surface area contributed by atoms with Gasteiger partial charge < -0.3 is 4.90 Å². The van der Waals surface area contributed by atoms with Crippen molar-refractivity contribution in [3.8, 4) is 0 Å². The van der Waals surface area contributed by atoms with E-state index in [1.807, 2.05) is 41.3 Å². The minimum Gasteiger partial charge on any atom is -0.338 e. The average Bonchev–Trinajstić information content (AvgIpc) is 3.25. The van der Waals surface area contributed by atoms with E-state index < -0.39 is 11.7 Å². The van der Waals surface area contributed by atoms with Gasteiger partial charge in [-0.3, -0.25) is 9.69 Å². The third kappa shape index (κ3) is 7.01. The smallest absolute Gasteiger partial charge is 0.338 e. The summed E-state index contributed by atoms with van der Waals surface area (Å²) in [5, 5.41) is 0. The molecule has 3 nitrogen and oxygen atoms in total. The molecule has 3 aromatic carbocycles. The molecule has 1 saturated heterocycles. The Hall–Kier alpha value is -3.12. The molecule has 6 heteroatoms. The van der Waals surface area contributed by atoms with Crippen molar-refractivity contribution in [3.05, 3.63) is 107 Å². The molecule has 1 amide bonds. The maximum Gasteiger partial charge on any atom is 0.416 e. The van der Waals surface area contributed by atoms with Crippen molar-refractivity contribution in [1.82, 2.24) is 9.80 Å². The summed E-state index contributed by atoms with van der Waals surface area (Å²) in [4.78, 5) is 17.7. The molecule has 0 saturated carbocycles. The van der Waals surface area contributed by atoms with Gasteiger partial charge in [-0.2, -0.15) is 13.2 Å². The Morgan fingerprint density at radius 3 is 2.38 bits per heavy atom. The lowest BCUT2D eigenvalue weighted by Crippen LogP contribution is -2.39. The molecular formula is C31H35F3N2O. The first kappa shape index (κ1) is 26.9. The van der Waals surface area contributed by atoms with Gasteiger partial charge in [0.15, 0.2) is 0 Å². The number of aryl methyl sites for hydroxylation is 1. The summed E-state index contributed by atoms with van der Waals surface area (Å²) in [6.07, 6.45) is -4.39. The summed E-state index contributed by atoms with van der Waals surface area (Å²) < 4.78 is 40.6. The maximum atomic E-state index is 13.5. The van der Waals surface area contributed by atoms with Gasteiger partial charge in [0.25, 0.3) is 5.91 Å². The van der Waals surface area contributed by atoms with Crippen LogP contribution in [0, 0.1) is 18.8 Å². The van der Waals surface area contributed by atoms with Crippen LogP contribution in [-0.2, 0) is 12.7 Å². The van der Waals surface area contributed by atoms with Crippen LogP contribution in [0.5, 0.6) is 0 Å². The zero-order valence-corrected chi connectivity index (χ0v) is 21.7. The predicted molar refractivity (Wildman–Crippen MR) is 141 cm³/mol. The van der Waals surface area contributed by atoms with Gasteiger partial charge >= 0.3 is 6.18 Å². The second-order valence-corrected chi connectivity index (χ2v) is 10.6. The van der Waals surface area contributed by atoms with Gasteiger partial charge in [-0.1, -0.05) is 80.1 Å². The van der Waals surface area contributed by atoms with Gasteiger partial charge in [0.1, 0.15) is 0 Å². The number of carbonyl (C=O) groups is 1. The van der Waals surface area contributed by atoms with E-state index in [-0.39, 0.29) is 23.7 Å². The minimum atomic E-state index is -4.39. The van der Waals surface area contributed by atoms with Crippen LogP contribution in [-0.4, -0.2) is 41.9 Å². The number of benzene rings is 3. The Labute approximate surface area is 217 Å². The Morgan fingerprint density at radius 1 is 0.973 bits per heavy atom. The van der Waals surface area contributed by atoms with Gasteiger partial charge in [0.05, 0.1) is 5.56 Å². The molecule has 0 N–H and O–H groups in total. The van der Waals surface area contributed by atoms with Crippen molar-refractivity contribution >= 4 is 5.91 Å². The number of carbonyl (C=O) groups excluding carboxylic acids is 1. The Bertz CT molecular complexity index is 1190. The normalized spacial score (nSPS) is 18.4. The highest BCUT2D eigenvalue weighted by Gasteiger charge is 2.38. The third-order valence-electron chi connectivity index (χ3n) is 7.00. The second-order valence-electron chi connectivity index (χ2n) is 10.6. The van der Waals surface area contributed by atoms with Gasteiger partial charge in [0, 0.05) is 44.2 Å². The molecule has 1 aliphatic rings. The monoisotopic (exact) mass is 508 g/mol. The van der Waals surface area contributed by atoms with Crippen LogP contribution in [0.15, 0.2) is 78.9 Å². The van der Waals surface area contributed by atoms with Crippen molar-refractivity contribution in [2.24, 2.45) is 11.8 Å². The van der Waals surface area contributed by atoms with Crippen LogP contribution in [0.3, 0.4) is 0 Å². The van der Waals surface area contributed by atoms with Crippen LogP contribution in [0.1, 0.15) is 52.4 Å². The second kappa shape index (κ2) is 11.5. The highest BCUT2D eigenvalue weighted by atomic mass is 19.4. The van der Waals surface area contributed by atoms with Crippen LogP contribution >= 0.6 is 0 Å². The van der Waals surface area contributed by atoms with Crippen LogP contribution < -0.4 is 0 Å². The highest BCUT2D eigenvalue weighted by Crippen LogP contribution is 2.37. The van der Waals surface area contributed by atoms with Crippen molar-refractivity contribution < 1.29 is 18.0 Å². The molecule has 0 aromatic heterocycles. The number of nitrogens with zero attached hydrogens (tertiary/aromatic N) is 2. The van der Waals surface area contributed by atoms with Crippen molar-refractivity contribution in [2.75, 3.05) is 26.2 Å². The van der Waals surface area contributed by atoms with Crippen molar-refractivity contribution in [1.29, 1.82) is 0 Å². The number of amides is 1. The number of halogens is 3. The average molecular weight is 509 g/mol. The Morgan fingerprint density at radius 2 is 1.70 bits per heavy atom. The van der Waals surface area contributed by atoms with Gasteiger partial charge in [-0.15, -0.1) is 0 Å². The Kier molecular flexibility index (Phi) is 8.38. The summed E-state index contributed by atoms with van der Waals surface area (Å²) in [5.74, 6) is 0.142. The molecule has 1 aliphatic heterocycles. The summed E-state index contributed by atoms with van der Waals surface area (Å²) in [6.45, 7) is 9.39. The topological polar surface area (TPSA) is 23.6 Å². The number of rotatable bonds is 8. The zero-order chi connectivity index (χ0) is 26.6. The number of alkyl halides is 3. The van der Waals surface area contributed by atoms with E-state index in [1.54, 1.807) is 6.07 Å². The molecule has 0 spiro atoms. The van der Waals surface area contributed by atoms with Crippen LogP contribution in [0.25, 0.3) is 0 Å². The van der Waals surface area contributed by atoms with Crippen molar-refractivity contribution in [3.63, 3.8) is 0 Å². The molecule has 0 bridgehead atoms. The van der Waals surface area contributed by atoms with E-state index in [0.29, 0.717) is 37.3 Å². The standard InChI is InChI=1S/C31H35F3N2O/c1-22(2)17-36(30(37)25-11-5-4-6-12-25)20-27-19-35(18-24-10-7-9-23(3)15-24)21-29(27)26-13-8-14-28(16-26)31(32,33)34/h4-16,22,27,29H,17-21H2,1-3H3/t27-,29+/m0/s1. The summed E-state index contributed by atoms with van der Waals surface area (Å²) >= 11 is 0. The number of hydrogen-bond donors (Lipinski definition) is 0. The number of likely N-dealkylation sites (tertiary alicyclic amines) is 1. The van der Waals surface area contributed by atoms with Crippen LogP contribution in [0.2, 0.25) is 0 Å². The lowest BCUT2D eigenvalue weighted by atomic mass is 9.87. The van der Waals surface area contributed by atoms with E-state index in [1.165, 1.54) is 23.3 Å². The summed E-state index contributed by atoms with van der Waals surface area (Å²) in [7, 11) is 0.